The van der Waals surface area contributed by atoms with Crippen LogP contribution in [-0.2, 0) is 18.9 Å². The Morgan fingerprint density at radius 1 is 0.781 bits per heavy atom. The average molecular weight is 463 g/mol. The lowest BCUT2D eigenvalue weighted by atomic mass is 9.55. The molecule has 2 bridgehead atoms. The first-order chi connectivity index (χ1) is 14.1. The molecular weight excluding hydrogens is 420 g/mol. The molecule has 0 radical (unpaired) electrons. The van der Waals surface area contributed by atoms with Gasteiger partial charge in [0, 0.05) is 12.0 Å². The molecule has 9 nitrogen and oxygen atoms in total. The van der Waals surface area contributed by atoms with Crippen LogP contribution in [0.3, 0.4) is 0 Å². The number of rotatable bonds is 6. The highest BCUT2D eigenvalue weighted by Crippen LogP contribution is 2.64. The van der Waals surface area contributed by atoms with E-state index in [0.717, 1.165) is 0 Å². The molecule has 0 spiro atoms. The first-order valence-corrected chi connectivity index (χ1v) is 11.3. The highest BCUT2D eigenvalue weighted by molar-refractivity contribution is 5.30. The second-order valence-corrected chi connectivity index (χ2v) is 11.8. The molecule has 0 amide bonds. The van der Waals surface area contributed by atoms with Gasteiger partial charge < -0.3 is 44.5 Å². The fourth-order valence-corrected chi connectivity index (χ4v) is 5.76. The van der Waals surface area contributed by atoms with E-state index in [1.807, 2.05) is 6.92 Å². The third-order valence-corrected chi connectivity index (χ3v) is 9.87. The molecule has 0 saturated carbocycles. The van der Waals surface area contributed by atoms with Crippen molar-refractivity contribution in [3.05, 3.63) is 0 Å². The van der Waals surface area contributed by atoms with Crippen LogP contribution in [0.2, 0.25) is 0 Å². The minimum atomic E-state index is -1.66. The summed E-state index contributed by atoms with van der Waals surface area (Å²) < 4.78 is 23.4. The van der Waals surface area contributed by atoms with Crippen LogP contribution in [0.4, 0.5) is 0 Å². The topological polar surface area (TPSA) is 138 Å². The van der Waals surface area contributed by atoms with Crippen molar-refractivity contribution in [2.45, 2.75) is 114 Å². The Morgan fingerprint density at radius 3 is 1.84 bits per heavy atom. The second kappa shape index (κ2) is 6.86. The van der Waals surface area contributed by atoms with Crippen LogP contribution in [0, 0.1) is 5.41 Å². The SMILES string of the molecule is CC1(O)COC(C)(C)C(C)(O)C1(C)CCOC[C@@]1(C)OC2(CO)OC(C)(C1(C)O)[C@]2(C)O. The summed E-state index contributed by atoms with van der Waals surface area (Å²) in [6, 6.07) is 0. The van der Waals surface area contributed by atoms with E-state index in [1.54, 1.807) is 41.5 Å². The van der Waals surface area contributed by atoms with Gasteiger partial charge in [0.25, 0.3) is 0 Å². The Balaban J connectivity index is 1.75. The van der Waals surface area contributed by atoms with Crippen molar-refractivity contribution >= 4 is 0 Å². The van der Waals surface area contributed by atoms with Crippen LogP contribution >= 0.6 is 0 Å². The average Bonchev–Trinajstić information content (AvgIpc) is 2.66. The van der Waals surface area contributed by atoms with Gasteiger partial charge in [-0.3, -0.25) is 0 Å². The maximum atomic E-state index is 11.4. The van der Waals surface area contributed by atoms with E-state index < -0.39 is 57.0 Å². The van der Waals surface area contributed by atoms with Gasteiger partial charge in [0.05, 0.1) is 30.0 Å². The molecular formula is C23H42O9. The zero-order valence-corrected chi connectivity index (χ0v) is 20.9. The molecule has 0 aromatic heterocycles. The van der Waals surface area contributed by atoms with E-state index in [0.29, 0.717) is 6.42 Å². The van der Waals surface area contributed by atoms with Gasteiger partial charge in [-0.15, -0.1) is 0 Å². The van der Waals surface area contributed by atoms with Gasteiger partial charge in [-0.05, 0) is 61.8 Å². The Morgan fingerprint density at radius 2 is 1.34 bits per heavy atom. The van der Waals surface area contributed by atoms with Gasteiger partial charge in [0.1, 0.15) is 29.0 Å². The van der Waals surface area contributed by atoms with Gasteiger partial charge in [-0.2, -0.15) is 0 Å². The van der Waals surface area contributed by atoms with E-state index in [-0.39, 0.29) is 19.8 Å². The van der Waals surface area contributed by atoms with Gasteiger partial charge in [-0.1, -0.05) is 6.92 Å². The minimum Gasteiger partial charge on any atom is -0.391 e. The summed E-state index contributed by atoms with van der Waals surface area (Å²) in [5, 5.41) is 54.6. The van der Waals surface area contributed by atoms with Gasteiger partial charge in [0.2, 0.25) is 5.79 Å². The monoisotopic (exact) mass is 462 g/mol. The number of aliphatic hydroxyl groups is 5. The lowest BCUT2D eigenvalue weighted by Crippen LogP contribution is -2.96. The van der Waals surface area contributed by atoms with Crippen molar-refractivity contribution in [3.8, 4) is 0 Å². The summed E-state index contributed by atoms with van der Waals surface area (Å²) in [6.45, 7) is 14.5. The molecule has 32 heavy (non-hydrogen) atoms. The first-order valence-electron chi connectivity index (χ1n) is 11.3. The van der Waals surface area contributed by atoms with Gasteiger partial charge >= 0.3 is 0 Å². The van der Waals surface area contributed by atoms with Crippen LogP contribution in [0.25, 0.3) is 0 Å². The van der Waals surface area contributed by atoms with Crippen LogP contribution in [-0.4, -0.2) is 97.0 Å². The first kappa shape index (κ1) is 26.2. The summed E-state index contributed by atoms with van der Waals surface area (Å²) in [5.41, 5.74) is -10.4. The van der Waals surface area contributed by atoms with Crippen molar-refractivity contribution in [2.75, 3.05) is 26.4 Å². The summed E-state index contributed by atoms with van der Waals surface area (Å²) in [7, 11) is 0. The molecule has 9 heteroatoms. The normalized spacial score (nSPS) is 57.2. The predicted molar refractivity (Wildman–Crippen MR) is 115 cm³/mol. The molecule has 0 aromatic rings. The molecule has 8 atom stereocenters. The fourth-order valence-electron chi connectivity index (χ4n) is 5.76. The number of hydrogen-bond donors (Lipinski definition) is 5. The maximum absolute atomic E-state index is 11.4. The van der Waals surface area contributed by atoms with E-state index in [2.05, 4.69) is 0 Å². The van der Waals surface area contributed by atoms with Crippen molar-refractivity contribution in [1.82, 2.24) is 0 Å². The summed E-state index contributed by atoms with van der Waals surface area (Å²) in [5.74, 6) is -1.66. The number of ether oxygens (including phenoxy) is 4. The number of aliphatic hydroxyl groups excluding tert-OH is 1. The molecule has 4 fully saturated rings. The third-order valence-electron chi connectivity index (χ3n) is 9.87. The highest BCUT2D eigenvalue weighted by Gasteiger charge is 2.86. The fraction of sp³-hybridized carbons (Fsp3) is 1.00. The summed E-state index contributed by atoms with van der Waals surface area (Å²) in [6.07, 6.45) is 0.314. The smallest absolute Gasteiger partial charge is 0.225 e. The van der Waals surface area contributed by atoms with Crippen LogP contribution in [0.1, 0.15) is 68.7 Å². The Hall–Kier alpha value is -0.360. The van der Waals surface area contributed by atoms with Crippen LogP contribution in [0.15, 0.2) is 0 Å². The molecule has 4 aliphatic rings. The summed E-state index contributed by atoms with van der Waals surface area (Å²) in [4.78, 5) is 0. The molecule has 6 unspecified atom stereocenters. The standard InChI is InChI=1S/C23H42O9/c1-15(2)19(6,26)16(3,17(4,25)13-30-15)10-11-29-14-18(5)20(7,27)22(9)21(8,28)23(12-24,31-18)32-22/h24-28H,10-14H2,1-9H3/t16?,17?,18-,19?,20?,21+,22?,23?/m1/s1. The summed E-state index contributed by atoms with van der Waals surface area (Å²) >= 11 is 0. The molecule has 4 saturated heterocycles. The lowest BCUT2D eigenvalue weighted by Gasteiger charge is -2.76. The molecule has 5 N–H and O–H groups in total. The third kappa shape index (κ3) is 2.77. The van der Waals surface area contributed by atoms with Crippen molar-refractivity contribution < 1.29 is 44.5 Å². The Bertz CT molecular complexity index is 761. The van der Waals surface area contributed by atoms with E-state index in [9.17, 15) is 25.5 Å². The highest BCUT2D eigenvalue weighted by atomic mass is 16.8. The zero-order valence-electron chi connectivity index (χ0n) is 20.9. The lowest BCUT2D eigenvalue weighted by molar-refractivity contribution is -0.579. The number of fused-ring (bicyclic) bond motifs is 2. The van der Waals surface area contributed by atoms with E-state index in [1.165, 1.54) is 13.8 Å². The van der Waals surface area contributed by atoms with Crippen molar-refractivity contribution in [3.63, 3.8) is 0 Å². The van der Waals surface area contributed by atoms with Crippen LogP contribution < -0.4 is 0 Å². The molecule has 4 rings (SSSR count). The van der Waals surface area contributed by atoms with E-state index >= 15 is 0 Å². The Labute approximate surface area is 190 Å². The van der Waals surface area contributed by atoms with Crippen LogP contribution in [0.5, 0.6) is 0 Å². The zero-order chi connectivity index (χ0) is 24.9. The van der Waals surface area contributed by atoms with Crippen molar-refractivity contribution in [1.29, 1.82) is 0 Å². The molecule has 188 valence electrons. The molecule has 4 aliphatic heterocycles. The number of hydrogen-bond acceptors (Lipinski definition) is 9. The molecule has 0 aromatic carbocycles. The van der Waals surface area contributed by atoms with E-state index in [4.69, 9.17) is 18.9 Å². The molecule has 0 aliphatic carbocycles. The van der Waals surface area contributed by atoms with Gasteiger partial charge in [-0.25, -0.2) is 0 Å². The minimum absolute atomic E-state index is 0.0585. The Kier molecular flexibility index (Phi) is 5.63. The molecule has 4 heterocycles. The predicted octanol–water partition coefficient (Wildman–Crippen LogP) is 0.479. The van der Waals surface area contributed by atoms with Crippen molar-refractivity contribution in [2.24, 2.45) is 5.41 Å². The second-order valence-electron chi connectivity index (χ2n) is 11.8. The maximum Gasteiger partial charge on any atom is 0.225 e. The van der Waals surface area contributed by atoms with Gasteiger partial charge in [0.15, 0.2) is 0 Å². The quantitative estimate of drug-likeness (QED) is 0.357. The largest absolute Gasteiger partial charge is 0.391 e.